The predicted octanol–water partition coefficient (Wildman–Crippen LogP) is 3.64. The van der Waals surface area contributed by atoms with Crippen molar-refractivity contribution in [2.45, 2.75) is 12.8 Å². The highest BCUT2D eigenvalue weighted by Gasteiger charge is 2.05. The van der Waals surface area contributed by atoms with Crippen LogP contribution < -0.4 is 24.8 Å². The first-order valence-corrected chi connectivity index (χ1v) is 9.20. The van der Waals surface area contributed by atoms with Gasteiger partial charge in [0.05, 0.1) is 20.8 Å². The van der Waals surface area contributed by atoms with E-state index in [1.54, 1.807) is 33.4 Å². The Labute approximate surface area is 188 Å². The van der Waals surface area contributed by atoms with Crippen LogP contribution in [0.1, 0.15) is 12.0 Å². The largest absolute Gasteiger partial charge is 0.494 e. The summed E-state index contributed by atoms with van der Waals surface area (Å²) in [4.78, 5) is 4.21. The minimum absolute atomic E-state index is 0. The Kier molecular flexibility index (Phi) is 11.9. The first kappa shape index (κ1) is 24.8. The number of guanidine groups is 1. The molecule has 0 aliphatic rings. The van der Waals surface area contributed by atoms with Crippen molar-refractivity contribution in [3.05, 3.63) is 53.8 Å². The highest BCUT2D eigenvalue weighted by Crippen LogP contribution is 2.27. The summed E-state index contributed by atoms with van der Waals surface area (Å²) in [5, 5.41) is 6.53. The van der Waals surface area contributed by atoms with Crippen molar-refractivity contribution in [3.63, 3.8) is 0 Å². The number of benzene rings is 2. The molecule has 8 heteroatoms. The molecule has 0 radical (unpaired) electrons. The van der Waals surface area contributed by atoms with Gasteiger partial charge >= 0.3 is 0 Å². The van der Waals surface area contributed by atoms with Gasteiger partial charge in [0.25, 0.3) is 0 Å². The van der Waals surface area contributed by atoms with E-state index < -0.39 is 0 Å². The van der Waals surface area contributed by atoms with E-state index in [0.717, 1.165) is 49.0 Å². The van der Waals surface area contributed by atoms with Crippen LogP contribution in [0.5, 0.6) is 17.2 Å². The average Bonchev–Trinajstić information content (AvgIpc) is 2.73. The number of nitrogens with one attached hydrogen (secondary N) is 2. The van der Waals surface area contributed by atoms with Crippen molar-refractivity contribution in [2.24, 2.45) is 4.99 Å². The van der Waals surface area contributed by atoms with Gasteiger partial charge in [0.1, 0.15) is 11.6 Å². The molecule has 0 atom stereocenters. The number of aliphatic imine (C=N–C) groups is 1. The second kappa shape index (κ2) is 13.9. The number of hydrogen-bond donors (Lipinski definition) is 2. The van der Waals surface area contributed by atoms with E-state index in [1.807, 2.05) is 18.2 Å². The monoisotopic (exact) mass is 517 g/mol. The molecule has 6 nitrogen and oxygen atoms in total. The average molecular weight is 517 g/mol. The molecule has 0 fully saturated rings. The van der Waals surface area contributed by atoms with Crippen LogP contribution in [0, 0.1) is 5.82 Å². The van der Waals surface area contributed by atoms with E-state index in [2.05, 4.69) is 15.6 Å². The number of hydrogen-bond acceptors (Lipinski definition) is 4. The number of ether oxygens (including phenoxy) is 3. The summed E-state index contributed by atoms with van der Waals surface area (Å²) in [6.45, 7) is 2.00. The van der Waals surface area contributed by atoms with Gasteiger partial charge in [-0.05, 0) is 54.8 Å². The third-order valence-electron chi connectivity index (χ3n) is 4.07. The Morgan fingerprint density at radius 3 is 2.31 bits per heavy atom. The smallest absolute Gasteiger partial charge is 0.190 e. The van der Waals surface area contributed by atoms with E-state index in [9.17, 15) is 4.39 Å². The molecule has 0 amide bonds. The van der Waals surface area contributed by atoms with Gasteiger partial charge in [-0.2, -0.15) is 0 Å². The van der Waals surface area contributed by atoms with Crippen LogP contribution in [-0.4, -0.2) is 46.9 Å². The number of rotatable bonds is 10. The number of halogens is 2. The maximum absolute atomic E-state index is 12.8. The van der Waals surface area contributed by atoms with Crippen LogP contribution in [0.2, 0.25) is 0 Å². The maximum Gasteiger partial charge on any atom is 0.190 e. The lowest BCUT2D eigenvalue weighted by Crippen LogP contribution is -2.39. The van der Waals surface area contributed by atoms with Crippen molar-refractivity contribution in [1.29, 1.82) is 0 Å². The van der Waals surface area contributed by atoms with Gasteiger partial charge in [-0.1, -0.05) is 6.07 Å². The summed E-state index contributed by atoms with van der Waals surface area (Å²) in [7, 11) is 4.99. The Balaban J connectivity index is 0.00000420. The Morgan fingerprint density at radius 2 is 1.66 bits per heavy atom. The fourth-order valence-electron chi connectivity index (χ4n) is 2.58. The molecule has 2 N–H and O–H groups in total. The van der Waals surface area contributed by atoms with E-state index in [-0.39, 0.29) is 29.8 Å². The molecule has 29 heavy (non-hydrogen) atoms. The summed E-state index contributed by atoms with van der Waals surface area (Å²) in [5.41, 5.74) is 1.15. The van der Waals surface area contributed by atoms with E-state index >= 15 is 0 Å². The molecule has 2 aromatic carbocycles. The van der Waals surface area contributed by atoms with Crippen LogP contribution in [0.15, 0.2) is 47.5 Å². The van der Waals surface area contributed by atoms with Crippen LogP contribution in [-0.2, 0) is 6.42 Å². The molecule has 0 heterocycles. The van der Waals surface area contributed by atoms with Gasteiger partial charge < -0.3 is 24.8 Å². The summed E-state index contributed by atoms with van der Waals surface area (Å²) in [6, 6.07) is 11.9. The lowest BCUT2D eigenvalue weighted by Gasteiger charge is -2.13. The second-order valence-electron chi connectivity index (χ2n) is 6.02. The molecule has 0 aliphatic carbocycles. The van der Waals surface area contributed by atoms with Gasteiger partial charge in [0.2, 0.25) is 0 Å². The van der Waals surface area contributed by atoms with Gasteiger partial charge in [0, 0.05) is 20.1 Å². The molecular formula is C21H29FIN3O3. The fraction of sp³-hybridized carbons (Fsp3) is 0.381. The van der Waals surface area contributed by atoms with E-state index in [4.69, 9.17) is 14.2 Å². The van der Waals surface area contributed by atoms with Crippen molar-refractivity contribution in [3.8, 4) is 17.2 Å². The van der Waals surface area contributed by atoms with E-state index in [1.165, 1.54) is 12.1 Å². The molecule has 0 saturated carbocycles. The molecule has 0 unspecified atom stereocenters. The minimum Gasteiger partial charge on any atom is -0.494 e. The zero-order valence-electron chi connectivity index (χ0n) is 17.0. The third-order valence-corrected chi connectivity index (χ3v) is 4.07. The molecular weight excluding hydrogens is 488 g/mol. The van der Waals surface area contributed by atoms with Crippen molar-refractivity contribution >= 4 is 29.9 Å². The molecule has 0 spiro atoms. The van der Waals surface area contributed by atoms with Crippen molar-refractivity contribution < 1.29 is 18.6 Å². The second-order valence-corrected chi connectivity index (χ2v) is 6.02. The Bertz CT molecular complexity index is 757. The zero-order valence-corrected chi connectivity index (χ0v) is 19.4. The standard InChI is InChI=1S/C21H28FN3O3.HI/c1-23-21(24-12-4-14-28-18-8-6-17(22)7-9-18)25-13-11-16-5-10-19(26-2)20(15-16)27-3;/h5-10,15H,4,11-14H2,1-3H3,(H2,23,24,25);1H. The van der Waals surface area contributed by atoms with Crippen LogP contribution >= 0.6 is 24.0 Å². The normalized spacial score (nSPS) is 10.7. The predicted molar refractivity (Wildman–Crippen MR) is 125 cm³/mol. The SMILES string of the molecule is CN=C(NCCCOc1ccc(F)cc1)NCCc1ccc(OC)c(OC)c1.I. The summed E-state index contributed by atoms with van der Waals surface area (Å²) >= 11 is 0. The lowest BCUT2D eigenvalue weighted by atomic mass is 10.1. The van der Waals surface area contributed by atoms with Crippen molar-refractivity contribution in [2.75, 3.05) is 41.0 Å². The molecule has 0 aromatic heterocycles. The lowest BCUT2D eigenvalue weighted by molar-refractivity contribution is 0.310. The fourth-order valence-corrected chi connectivity index (χ4v) is 2.58. The number of methoxy groups -OCH3 is 2. The van der Waals surface area contributed by atoms with Crippen molar-refractivity contribution in [1.82, 2.24) is 10.6 Å². The van der Waals surface area contributed by atoms with Gasteiger partial charge in [-0.3, -0.25) is 4.99 Å². The first-order valence-electron chi connectivity index (χ1n) is 9.20. The zero-order chi connectivity index (χ0) is 20.2. The first-order chi connectivity index (χ1) is 13.7. The molecule has 0 aliphatic heterocycles. The molecule has 0 saturated heterocycles. The summed E-state index contributed by atoms with van der Waals surface area (Å²) in [6.07, 6.45) is 1.63. The number of nitrogens with zero attached hydrogens (tertiary/aromatic N) is 1. The van der Waals surface area contributed by atoms with Gasteiger partial charge in [-0.15, -0.1) is 24.0 Å². The molecule has 0 bridgehead atoms. The quantitative estimate of drug-likeness (QED) is 0.218. The highest BCUT2D eigenvalue weighted by atomic mass is 127. The topological polar surface area (TPSA) is 64.1 Å². The Morgan fingerprint density at radius 1 is 0.966 bits per heavy atom. The van der Waals surface area contributed by atoms with Crippen LogP contribution in [0.4, 0.5) is 4.39 Å². The molecule has 2 rings (SSSR count). The molecule has 160 valence electrons. The third kappa shape index (κ3) is 8.76. The molecule has 2 aromatic rings. The minimum atomic E-state index is -0.267. The van der Waals surface area contributed by atoms with Gasteiger partial charge in [-0.25, -0.2) is 4.39 Å². The Hall–Kier alpha value is -2.23. The maximum atomic E-state index is 12.8. The van der Waals surface area contributed by atoms with Crippen LogP contribution in [0.25, 0.3) is 0 Å². The van der Waals surface area contributed by atoms with Gasteiger partial charge in [0.15, 0.2) is 17.5 Å². The summed E-state index contributed by atoms with van der Waals surface area (Å²) in [5.74, 6) is 2.58. The highest BCUT2D eigenvalue weighted by molar-refractivity contribution is 14.0. The summed E-state index contributed by atoms with van der Waals surface area (Å²) < 4.78 is 29.0. The van der Waals surface area contributed by atoms with Crippen LogP contribution in [0.3, 0.4) is 0 Å². The van der Waals surface area contributed by atoms with E-state index in [0.29, 0.717) is 12.4 Å².